The number of hydrogen-bond donors (Lipinski definition) is 5. The maximum Gasteiger partial charge on any atom is 0.248 e. The first-order chi connectivity index (χ1) is 17.1. The number of nitrogens with zero attached hydrogens (tertiary/aromatic N) is 1. The first-order valence-electron chi connectivity index (χ1n) is 11.4. The molecule has 1 saturated heterocycles. The van der Waals surface area contributed by atoms with E-state index < -0.39 is 0 Å². The van der Waals surface area contributed by atoms with E-state index in [9.17, 15) is 4.79 Å². The van der Waals surface area contributed by atoms with Gasteiger partial charge in [0, 0.05) is 73.4 Å². The fourth-order valence-electron chi connectivity index (χ4n) is 3.56. The van der Waals surface area contributed by atoms with E-state index in [2.05, 4.69) is 15.6 Å². The zero-order valence-electron chi connectivity index (χ0n) is 19.4. The van der Waals surface area contributed by atoms with E-state index >= 15 is 0 Å². The number of rotatable bonds is 11. The highest BCUT2D eigenvalue weighted by Gasteiger charge is 2.12. The molecule has 182 valence electrons. The van der Waals surface area contributed by atoms with Gasteiger partial charge in [0.2, 0.25) is 5.91 Å². The van der Waals surface area contributed by atoms with Crippen molar-refractivity contribution in [2.45, 2.75) is 31.7 Å². The molecule has 1 amide bonds. The van der Waals surface area contributed by atoms with Crippen molar-refractivity contribution >= 4 is 41.8 Å². The van der Waals surface area contributed by atoms with Crippen LogP contribution in [0.1, 0.15) is 36.0 Å². The average Bonchev–Trinajstić information content (AvgIpc) is 2.89. The van der Waals surface area contributed by atoms with Crippen LogP contribution in [0, 0.1) is 16.2 Å². The third-order valence-electron chi connectivity index (χ3n) is 5.49. The van der Waals surface area contributed by atoms with Gasteiger partial charge in [0.05, 0.1) is 0 Å². The van der Waals surface area contributed by atoms with E-state index in [4.69, 9.17) is 25.7 Å². The number of nitrogens with one attached hydrogen (secondary N) is 5. The number of aryl methyl sites for hydroxylation is 1. The summed E-state index contributed by atoms with van der Waals surface area (Å²) in [5.74, 6) is -0.243. The zero-order valence-corrected chi connectivity index (χ0v) is 19.4. The Morgan fingerprint density at radius 2 is 1.94 bits per heavy atom. The Labute approximate surface area is 204 Å². The van der Waals surface area contributed by atoms with Crippen molar-refractivity contribution in [1.82, 2.24) is 10.3 Å². The molecule has 0 saturated carbocycles. The summed E-state index contributed by atoms with van der Waals surface area (Å²) in [4.78, 5) is 16.6. The minimum Gasteiger partial charge on any atom is -0.433 e. The molecule has 0 atom stereocenters. The lowest BCUT2D eigenvalue weighted by Gasteiger charge is -2.22. The van der Waals surface area contributed by atoms with Gasteiger partial charge >= 0.3 is 0 Å². The van der Waals surface area contributed by atoms with E-state index in [1.807, 2.05) is 24.4 Å². The second-order valence-corrected chi connectivity index (χ2v) is 7.94. The molecule has 0 aliphatic carbocycles. The summed E-state index contributed by atoms with van der Waals surface area (Å²) >= 11 is 0. The predicted octanol–water partition coefficient (Wildman–Crippen LogP) is 4.03. The van der Waals surface area contributed by atoms with Crippen LogP contribution in [-0.2, 0) is 20.7 Å². The van der Waals surface area contributed by atoms with E-state index in [-0.39, 0.29) is 11.8 Å². The summed E-state index contributed by atoms with van der Waals surface area (Å²) in [6, 6.07) is 9.50. The molecular weight excluding hydrogens is 444 g/mol. The highest BCUT2D eigenvalue weighted by atomic mass is 16.5. The molecule has 1 aliphatic rings. The largest absolute Gasteiger partial charge is 0.433 e. The van der Waals surface area contributed by atoms with Crippen molar-refractivity contribution < 1.29 is 14.3 Å². The molecule has 0 radical (unpaired) electrons. The monoisotopic (exact) mass is 474 g/mol. The first kappa shape index (κ1) is 25.5. The van der Waals surface area contributed by atoms with Crippen LogP contribution in [0.5, 0.6) is 0 Å². The quantitative estimate of drug-likeness (QED) is 0.190. The van der Waals surface area contributed by atoms with Crippen LogP contribution in [0.2, 0.25) is 0 Å². The van der Waals surface area contributed by atoms with Gasteiger partial charge < -0.3 is 25.5 Å². The smallest absolute Gasteiger partial charge is 0.248 e. The third kappa shape index (κ3) is 8.31. The minimum atomic E-state index is -0.283. The molecule has 9 nitrogen and oxygen atoms in total. The number of allylic oxidation sites excluding steroid dienone is 1. The highest BCUT2D eigenvalue weighted by molar-refractivity contribution is 6.10. The van der Waals surface area contributed by atoms with Crippen molar-refractivity contribution in [3.63, 3.8) is 0 Å². The summed E-state index contributed by atoms with van der Waals surface area (Å²) in [6.45, 7) is 1.47. The van der Waals surface area contributed by atoms with Gasteiger partial charge in [-0.2, -0.15) is 0 Å². The predicted molar refractivity (Wildman–Crippen MR) is 138 cm³/mol. The van der Waals surface area contributed by atoms with Crippen LogP contribution in [0.3, 0.4) is 0 Å². The number of carbonyl (C=O) groups is 1. The number of pyridine rings is 1. The Balaban J connectivity index is 1.60. The lowest BCUT2D eigenvalue weighted by atomic mass is 10.0. The molecule has 1 fully saturated rings. The third-order valence-corrected chi connectivity index (χ3v) is 5.49. The van der Waals surface area contributed by atoms with Crippen LogP contribution >= 0.6 is 0 Å². The second kappa shape index (κ2) is 13.6. The van der Waals surface area contributed by atoms with Crippen molar-refractivity contribution in [1.29, 1.82) is 16.2 Å². The van der Waals surface area contributed by atoms with Crippen molar-refractivity contribution in [3.05, 3.63) is 71.7 Å². The van der Waals surface area contributed by atoms with Crippen LogP contribution < -0.4 is 10.6 Å². The summed E-state index contributed by atoms with van der Waals surface area (Å²) in [6.07, 6.45) is 13.2. The summed E-state index contributed by atoms with van der Waals surface area (Å²) < 4.78 is 10.1. The Kier molecular flexibility index (Phi) is 9.89. The molecule has 1 aromatic carbocycles. The van der Waals surface area contributed by atoms with E-state index in [0.29, 0.717) is 30.1 Å². The molecule has 2 aromatic rings. The molecule has 1 aromatic heterocycles. The molecule has 9 heteroatoms. The Bertz CT molecular complexity index is 1090. The van der Waals surface area contributed by atoms with Gasteiger partial charge in [-0.25, -0.2) is 0 Å². The van der Waals surface area contributed by atoms with Crippen LogP contribution in [-0.4, -0.2) is 48.7 Å². The average molecular weight is 475 g/mol. The Morgan fingerprint density at radius 1 is 1.17 bits per heavy atom. The zero-order chi connectivity index (χ0) is 24.9. The van der Waals surface area contributed by atoms with Crippen molar-refractivity contribution in [2.75, 3.05) is 18.5 Å². The Morgan fingerprint density at radius 3 is 2.66 bits per heavy atom. The molecule has 1 aliphatic heterocycles. The fourth-order valence-corrected chi connectivity index (χ4v) is 3.56. The summed E-state index contributed by atoms with van der Waals surface area (Å²) in [7, 11) is 0. The standard InChI is InChI=1S/C26H30N6O3/c27-15-21(17-31-22-10-13-34-14-11-22)24-9-12-30-16-20(24)4-8-26(33)32-23-5-1-19(2-6-23)3-7-25(29)35-18-28/h1-2,4-6,8-9,12,15-18,22,27-29,31H,3,7,10-11,13-14H2,(H,32,33)/b8-4+,21-17+,27-15?,28-18?,29-25?. The first-order valence-corrected chi connectivity index (χ1v) is 11.4. The summed E-state index contributed by atoms with van der Waals surface area (Å²) in [5, 5.41) is 28.5. The normalized spacial score (nSPS) is 14.3. The molecule has 0 spiro atoms. The van der Waals surface area contributed by atoms with Crippen LogP contribution in [0.4, 0.5) is 5.69 Å². The fraction of sp³-hybridized carbons (Fsp3) is 0.269. The molecular formula is C26H30N6O3. The lowest BCUT2D eigenvalue weighted by Crippen LogP contribution is -2.31. The molecule has 0 unspecified atom stereocenters. The number of anilines is 1. The van der Waals surface area contributed by atoms with E-state index in [1.165, 1.54) is 12.3 Å². The van der Waals surface area contributed by atoms with Crippen LogP contribution in [0.25, 0.3) is 11.6 Å². The number of amides is 1. The Hall–Kier alpha value is -4.11. The number of aromatic nitrogens is 1. The molecule has 2 heterocycles. The molecule has 3 rings (SSSR count). The van der Waals surface area contributed by atoms with Gasteiger partial charge in [0.1, 0.15) is 0 Å². The van der Waals surface area contributed by atoms with Crippen molar-refractivity contribution in [2.24, 2.45) is 0 Å². The van der Waals surface area contributed by atoms with E-state index in [1.54, 1.807) is 30.6 Å². The molecule has 35 heavy (non-hydrogen) atoms. The van der Waals surface area contributed by atoms with Gasteiger partial charge in [-0.15, -0.1) is 0 Å². The summed E-state index contributed by atoms with van der Waals surface area (Å²) in [5.41, 5.74) is 3.89. The number of hydrogen-bond acceptors (Lipinski definition) is 8. The second-order valence-electron chi connectivity index (χ2n) is 7.94. The van der Waals surface area contributed by atoms with Crippen LogP contribution in [0.15, 0.2) is 55.0 Å². The van der Waals surface area contributed by atoms with Gasteiger partial charge in [-0.3, -0.25) is 20.6 Å². The minimum absolute atomic E-state index is 0.0395. The maximum absolute atomic E-state index is 12.5. The van der Waals surface area contributed by atoms with Gasteiger partial charge in [-0.05, 0) is 54.7 Å². The topological polar surface area (TPSA) is 144 Å². The number of carbonyl (C=O) groups excluding carboxylic acids is 1. The highest BCUT2D eigenvalue weighted by Crippen LogP contribution is 2.19. The van der Waals surface area contributed by atoms with E-state index in [0.717, 1.165) is 49.1 Å². The van der Waals surface area contributed by atoms with Crippen molar-refractivity contribution in [3.8, 4) is 0 Å². The lowest BCUT2D eigenvalue weighted by molar-refractivity contribution is -0.111. The van der Waals surface area contributed by atoms with Gasteiger partial charge in [0.25, 0.3) is 0 Å². The number of benzene rings is 1. The number of ether oxygens (including phenoxy) is 2. The van der Waals surface area contributed by atoms with Gasteiger partial charge in [0.15, 0.2) is 12.3 Å². The molecule has 0 bridgehead atoms. The molecule has 5 N–H and O–H groups in total. The SMILES string of the molecule is N=COC(=N)CCc1ccc(NC(=O)/C=C/c2cnccc2/C(C=N)=C/NC2CCOCC2)cc1. The maximum atomic E-state index is 12.5. The van der Waals surface area contributed by atoms with Gasteiger partial charge in [-0.1, -0.05) is 12.1 Å².